The molecule has 0 spiro atoms. The quantitative estimate of drug-likeness (QED) is 0.786. The van der Waals surface area contributed by atoms with Gasteiger partial charge in [0.1, 0.15) is 0 Å². The van der Waals surface area contributed by atoms with Gasteiger partial charge in [-0.15, -0.1) is 11.8 Å². The maximum Gasteiger partial charge on any atom is 0.0640 e. The predicted octanol–water partition coefficient (Wildman–Crippen LogP) is 5.53. The van der Waals surface area contributed by atoms with Crippen molar-refractivity contribution in [3.63, 3.8) is 0 Å². The minimum atomic E-state index is 0.192. The van der Waals surface area contributed by atoms with E-state index in [1.165, 1.54) is 10.5 Å². The van der Waals surface area contributed by atoms with Gasteiger partial charge in [0, 0.05) is 22.6 Å². The molecule has 0 aliphatic carbocycles. The molecule has 1 aliphatic heterocycles. The normalized spacial score (nSPS) is 18.5. The lowest BCUT2D eigenvalue weighted by atomic mass is 9.88. The second-order valence-electron chi connectivity index (χ2n) is 5.13. The Labute approximate surface area is 140 Å². The molecule has 2 aromatic carbocycles. The summed E-state index contributed by atoms with van der Waals surface area (Å²) in [6.45, 7) is 3.02. The van der Waals surface area contributed by atoms with Crippen molar-refractivity contribution in [2.24, 2.45) is 0 Å². The molecule has 2 unspecified atom stereocenters. The van der Waals surface area contributed by atoms with Gasteiger partial charge in [-0.3, -0.25) is 0 Å². The summed E-state index contributed by atoms with van der Waals surface area (Å²) in [6.07, 6.45) is 0. The fourth-order valence-corrected chi connectivity index (χ4v) is 4.63. The van der Waals surface area contributed by atoms with Crippen molar-refractivity contribution >= 4 is 35.0 Å². The van der Waals surface area contributed by atoms with E-state index in [1.54, 1.807) is 0 Å². The highest BCUT2D eigenvalue weighted by Gasteiger charge is 2.32. The van der Waals surface area contributed by atoms with Gasteiger partial charge in [-0.1, -0.05) is 60.5 Å². The summed E-state index contributed by atoms with van der Waals surface area (Å²) < 4.78 is 0. The smallest absolute Gasteiger partial charge is 0.0640 e. The van der Waals surface area contributed by atoms with Gasteiger partial charge in [-0.05, 0) is 29.8 Å². The minimum Gasteiger partial charge on any atom is -0.310 e. The molecule has 4 heteroatoms. The number of fused-ring (bicyclic) bond motifs is 1. The first-order chi connectivity index (χ1) is 10.2. The summed E-state index contributed by atoms with van der Waals surface area (Å²) in [5.41, 5.74) is 2.50. The van der Waals surface area contributed by atoms with Crippen LogP contribution in [0.1, 0.15) is 30.0 Å². The van der Waals surface area contributed by atoms with Crippen molar-refractivity contribution in [3.05, 3.63) is 63.6 Å². The first-order valence-electron chi connectivity index (χ1n) is 7.11. The number of halogens is 2. The molecule has 2 aromatic rings. The zero-order valence-corrected chi connectivity index (χ0v) is 14.1. The summed E-state index contributed by atoms with van der Waals surface area (Å²) in [5.74, 6) is 1.49. The first-order valence-corrected chi connectivity index (χ1v) is 8.85. The van der Waals surface area contributed by atoms with E-state index in [2.05, 4.69) is 42.6 Å². The second-order valence-corrected chi connectivity index (χ2v) is 6.98. The van der Waals surface area contributed by atoms with Gasteiger partial charge in [0.2, 0.25) is 0 Å². The molecule has 21 heavy (non-hydrogen) atoms. The fraction of sp³-hybridized carbons (Fsp3) is 0.294. The van der Waals surface area contributed by atoms with Crippen molar-refractivity contribution in [2.45, 2.75) is 23.8 Å². The Hall–Kier alpha value is -0.670. The molecule has 0 radical (unpaired) electrons. The number of benzene rings is 2. The third kappa shape index (κ3) is 2.95. The molecule has 1 nitrogen and oxygen atoms in total. The van der Waals surface area contributed by atoms with Gasteiger partial charge in [-0.25, -0.2) is 0 Å². The largest absolute Gasteiger partial charge is 0.310 e. The lowest BCUT2D eigenvalue weighted by molar-refractivity contribution is 0.485. The summed E-state index contributed by atoms with van der Waals surface area (Å²) in [7, 11) is 0. The molecule has 0 bridgehead atoms. The highest BCUT2D eigenvalue weighted by molar-refractivity contribution is 7.99. The van der Waals surface area contributed by atoms with Gasteiger partial charge in [0.25, 0.3) is 0 Å². The van der Waals surface area contributed by atoms with Crippen LogP contribution in [0.3, 0.4) is 0 Å². The molecule has 2 atom stereocenters. The predicted molar refractivity (Wildman–Crippen MR) is 92.8 cm³/mol. The summed E-state index contributed by atoms with van der Waals surface area (Å²) in [6, 6.07) is 14.7. The standard InChI is InChI=1S/C17H17Cl2NS/c1-2-20-17(12-7-5-8-14(18)16(12)19)13-10-21-15-9-4-3-6-11(13)15/h3-9,13,17,20H,2,10H2,1H3. The van der Waals surface area contributed by atoms with Crippen LogP contribution in [-0.4, -0.2) is 12.3 Å². The van der Waals surface area contributed by atoms with Crippen LogP contribution < -0.4 is 5.32 Å². The Kier molecular flexibility index (Phi) is 4.80. The maximum atomic E-state index is 6.45. The number of nitrogens with one attached hydrogen (secondary N) is 1. The fourth-order valence-electron chi connectivity index (χ4n) is 2.91. The van der Waals surface area contributed by atoms with Crippen LogP contribution in [0.25, 0.3) is 0 Å². The van der Waals surface area contributed by atoms with E-state index in [0.29, 0.717) is 16.0 Å². The monoisotopic (exact) mass is 337 g/mol. The first kappa shape index (κ1) is 15.2. The molecular formula is C17H17Cl2NS. The average Bonchev–Trinajstić information content (AvgIpc) is 2.92. The van der Waals surface area contributed by atoms with Gasteiger partial charge >= 0.3 is 0 Å². The Balaban J connectivity index is 2.02. The van der Waals surface area contributed by atoms with Crippen LogP contribution in [-0.2, 0) is 0 Å². The maximum absolute atomic E-state index is 6.45. The molecule has 3 rings (SSSR count). The Morgan fingerprint density at radius 2 is 2.00 bits per heavy atom. The van der Waals surface area contributed by atoms with Crippen molar-refractivity contribution in [2.75, 3.05) is 12.3 Å². The van der Waals surface area contributed by atoms with Crippen LogP contribution in [0.2, 0.25) is 10.0 Å². The van der Waals surface area contributed by atoms with E-state index >= 15 is 0 Å². The van der Waals surface area contributed by atoms with Crippen molar-refractivity contribution in [3.8, 4) is 0 Å². The van der Waals surface area contributed by atoms with Gasteiger partial charge in [0.05, 0.1) is 10.0 Å². The summed E-state index contributed by atoms with van der Waals surface area (Å²) in [4.78, 5) is 1.38. The van der Waals surface area contributed by atoms with Gasteiger partial charge in [0.15, 0.2) is 0 Å². The van der Waals surface area contributed by atoms with Crippen LogP contribution in [0.15, 0.2) is 47.4 Å². The molecule has 110 valence electrons. The zero-order chi connectivity index (χ0) is 14.8. The number of rotatable bonds is 4. The SMILES string of the molecule is CCNC(c1cccc(Cl)c1Cl)C1CSc2ccccc21. The highest BCUT2D eigenvalue weighted by atomic mass is 35.5. The number of hydrogen-bond acceptors (Lipinski definition) is 2. The minimum absolute atomic E-state index is 0.192. The van der Waals surface area contributed by atoms with E-state index in [1.807, 2.05) is 23.9 Å². The van der Waals surface area contributed by atoms with Gasteiger partial charge in [-0.2, -0.15) is 0 Å². The van der Waals surface area contributed by atoms with Crippen molar-refractivity contribution < 1.29 is 0 Å². The third-order valence-electron chi connectivity index (χ3n) is 3.88. The topological polar surface area (TPSA) is 12.0 Å². The van der Waals surface area contributed by atoms with Crippen LogP contribution in [0, 0.1) is 0 Å². The van der Waals surface area contributed by atoms with E-state index in [-0.39, 0.29) is 6.04 Å². The van der Waals surface area contributed by atoms with Crippen LogP contribution >= 0.6 is 35.0 Å². The average molecular weight is 338 g/mol. The molecule has 0 amide bonds. The molecule has 0 fully saturated rings. The molecule has 1 heterocycles. The van der Waals surface area contributed by atoms with E-state index in [0.717, 1.165) is 17.9 Å². The zero-order valence-electron chi connectivity index (χ0n) is 11.8. The number of hydrogen-bond donors (Lipinski definition) is 1. The summed E-state index contributed by atoms with van der Waals surface area (Å²) >= 11 is 14.6. The number of thioether (sulfide) groups is 1. The molecule has 1 aliphatic rings. The van der Waals surface area contributed by atoms with E-state index < -0.39 is 0 Å². The third-order valence-corrected chi connectivity index (χ3v) is 5.92. The Morgan fingerprint density at radius 3 is 2.81 bits per heavy atom. The lowest BCUT2D eigenvalue weighted by Crippen LogP contribution is -2.27. The van der Waals surface area contributed by atoms with Crippen molar-refractivity contribution in [1.29, 1.82) is 0 Å². The summed E-state index contributed by atoms with van der Waals surface area (Å²) in [5, 5.41) is 4.88. The van der Waals surface area contributed by atoms with Gasteiger partial charge < -0.3 is 5.32 Å². The Bertz CT molecular complexity index is 644. The number of likely N-dealkylation sites (N-methyl/N-ethyl adjacent to an activating group) is 1. The second kappa shape index (κ2) is 6.62. The van der Waals surface area contributed by atoms with Crippen molar-refractivity contribution in [1.82, 2.24) is 5.32 Å². The molecular weight excluding hydrogens is 321 g/mol. The van der Waals surface area contributed by atoms with E-state index in [4.69, 9.17) is 23.2 Å². The van der Waals surface area contributed by atoms with Crippen LogP contribution in [0.5, 0.6) is 0 Å². The molecule has 0 saturated carbocycles. The highest BCUT2D eigenvalue weighted by Crippen LogP contribution is 2.47. The molecule has 0 saturated heterocycles. The lowest BCUT2D eigenvalue weighted by Gasteiger charge is -2.26. The molecule has 1 N–H and O–H groups in total. The molecule has 0 aromatic heterocycles. The van der Waals surface area contributed by atoms with Crippen LogP contribution in [0.4, 0.5) is 0 Å². The van der Waals surface area contributed by atoms with E-state index in [9.17, 15) is 0 Å². The Morgan fingerprint density at radius 1 is 1.19 bits per heavy atom.